The van der Waals surface area contributed by atoms with Crippen LogP contribution in [0, 0.1) is 0 Å². The van der Waals surface area contributed by atoms with Gasteiger partial charge in [0.05, 0.1) is 5.25 Å². The van der Waals surface area contributed by atoms with Crippen molar-refractivity contribution in [3.8, 4) is 0 Å². The van der Waals surface area contributed by atoms with E-state index in [0.29, 0.717) is 16.7 Å². The van der Waals surface area contributed by atoms with E-state index in [4.69, 9.17) is 11.5 Å². The normalized spacial score (nSPS) is 12.3. The van der Waals surface area contributed by atoms with Crippen molar-refractivity contribution in [1.29, 1.82) is 0 Å². The fraction of sp³-hybridized carbons (Fsp3) is 0.462. The third kappa shape index (κ3) is 4.76. The van der Waals surface area contributed by atoms with E-state index < -0.39 is 0 Å². The summed E-state index contributed by atoms with van der Waals surface area (Å²) in [4.78, 5) is 20.6. The van der Waals surface area contributed by atoms with Gasteiger partial charge in [0.25, 0.3) is 0 Å². The number of anilines is 3. The molecule has 0 spiro atoms. The summed E-state index contributed by atoms with van der Waals surface area (Å²) >= 11 is 2.59. The molecule has 0 saturated carbocycles. The van der Waals surface area contributed by atoms with Crippen LogP contribution in [0.4, 0.5) is 16.8 Å². The van der Waals surface area contributed by atoms with Crippen LogP contribution in [0.15, 0.2) is 11.2 Å². The lowest BCUT2D eigenvalue weighted by molar-refractivity contribution is -0.115. The summed E-state index contributed by atoms with van der Waals surface area (Å²) in [7, 11) is 0. The van der Waals surface area contributed by atoms with Gasteiger partial charge in [-0.3, -0.25) is 10.1 Å². The lowest BCUT2D eigenvalue weighted by Crippen LogP contribution is -2.24. The van der Waals surface area contributed by atoms with Gasteiger partial charge in [-0.25, -0.2) is 9.97 Å². The van der Waals surface area contributed by atoms with Crippen molar-refractivity contribution in [3.63, 3.8) is 0 Å². The third-order valence-corrected chi connectivity index (χ3v) is 5.19. The predicted molar refractivity (Wildman–Crippen MR) is 93.4 cm³/mol. The maximum atomic E-state index is 12.4. The van der Waals surface area contributed by atoms with Crippen molar-refractivity contribution in [1.82, 2.24) is 20.2 Å². The second kappa shape index (κ2) is 7.55. The molecule has 2 heterocycles. The molecule has 0 saturated heterocycles. The zero-order valence-electron chi connectivity index (χ0n) is 13.1. The number of hydrogen-bond donors (Lipinski definition) is 3. The minimum absolute atomic E-state index is 0.173. The summed E-state index contributed by atoms with van der Waals surface area (Å²) in [6, 6.07) is 1.47. The Morgan fingerprint density at radius 3 is 2.48 bits per heavy atom. The first-order valence-electron chi connectivity index (χ1n) is 7.10. The van der Waals surface area contributed by atoms with Gasteiger partial charge in [0.2, 0.25) is 11.0 Å². The number of nitrogens with two attached hydrogens (primary N) is 2. The number of nitrogens with zero attached hydrogens (tertiary/aromatic N) is 4. The second-order valence-corrected chi connectivity index (χ2v) is 7.28. The Morgan fingerprint density at radius 1 is 1.30 bits per heavy atom. The van der Waals surface area contributed by atoms with Crippen molar-refractivity contribution >= 4 is 45.8 Å². The van der Waals surface area contributed by atoms with E-state index >= 15 is 0 Å². The van der Waals surface area contributed by atoms with Crippen LogP contribution in [0.1, 0.15) is 38.1 Å². The molecule has 0 bridgehead atoms. The summed E-state index contributed by atoms with van der Waals surface area (Å²) in [5.41, 5.74) is 11.3. The van der Waals surface area contributed by atoms with E-state index in [0.717, 1.165) is 5.01 Å². The Bertz CT molecular complexity index is 668. The number of hydrogen-bond acceptors (Lipinski definition) is 9. The van der Waals surface area contributed by atoms with Gasteiger partial charge in [-0.1, -0.05) is 43.9 Å². The van der Waals surface area contributed by atoms with Crippen LogP contribution in [-0.2, 0) is 4.79 Å². The van der Waals surface area contributed by atoms with Crippen LogP contribution in [0.25, 0.3) is 0 Å². The molecule has 0 radical (unpaired) electrons. The number of rotatable bonds is 6. The first-order chi connectivity index (χ1) is 10.9. The molecule has 23 heavy (non-hydrogen) atoms. The number of amides is 1. The molecule has 5 N–H and O–H groups in total. The first kappa shape index (κ1) is 17.4. The summed E-state index contributed by atoms with van der Waals surface area (Å²) in [5.74, 6) is 0.661. The van der Waals surface area contributed by atoms with Gasteiger partial charge in [-0.15, -0.1) is 10.2 Å². The molecule has 2 aromatic heterocycles. The fourth-order valence-corrected chi connectivity index (χ4v) is 3.32. The highest BCUT2D eigenvalue weighted by Gasteiger charge is 2.21. The van der Waals surface area contributed by atoms with Crippen molar-refractivity contribution in [3.05, 3.63) is 11.1 Å². The molecule has 1 atom stereocenters. The molecule has 124 valence electrons. The van der Waals surface area contributed by atoms with Gasteiger partial charge in [-0.2, -0.15) is 0 Å². The van der Waals surface area contributed by atoms with E-state index in [2.05, 4.69) is 25.5 Å². The highest BCUT2D eigenvalue weighted by molar-refractivity contribution is 8.00. The van der Waals surface area contributed by atoms with Crippen LogP contribution < -0.4 is 16.8 Å². The van der Waals surface area contributed by atoms with Crippen molar-refractivity contribution in [2.24, 2.45) is 0 Å². The maximum absolute atomic E-state index is 12.4. The summed E-state index contributed by atoms with van der Waals surface area (Å²) in [5, 5.41) is 12.2. The molecule has 0 aliphatic carbocycles. The van der Waals surface area contributed by atoms with Crippen LogP contribution in [0.2, 0.25) is 0 Å². The number of thioether (sulfide) groups is 1. The van der Waals surface area contributed by atoms with Crippen LogP contribution in [0.5, 0.6) is 0 Å². The number of nitrogens with one attached hydrogen (secondary N) is 1. The van der Waals surface area contributed by atoms with Crippen LogP contribution in [-0.4, -0.2) is 31.3 Å². The van der Waals surface area contributed by atoms with E-state index in [-0.39, 0.29) is 28.7 Å². The van der Waals surface area contributed by atoms with Gasteiger partial charge in [0.1, 0.15) is 16.6 Å². The van der Waals surface area contributed by atoms with E-state index in [9.17, 15) is 4.79 Å². The largest absolute Gasteiger partial charge is 0.383 e. The molecule has 0 aliphatic rings. The molecular formula is C13H19N7OS2. The molecule has 1 amide bonds. The molecule has 10 heteroatoms. The Hall–Kier alpha value is -1.94. The van der Waals surface area contributed by atoms with Gasteiger partial charge in [0, 0.05) is 12.0 Å². The maximum Gasteiger partial charge on any atom is 0.239 e. The molecule has 0 aliphatic heterocycles. The Labute approximate surface area is 142 Å². The van der Waals surface area contributed by atoms with E-state index in [1.807, 2.05) is 20.8 Å². The first-order valence-corrected chi connectivity index (χ1v) is 8.79. The fourth-order valence-electron chi connectivity index (χ4n) is 1.67. The highest BCUT2D eigenvalue weighted by Crippen LogP contribution is 2.27. The van der Waals surface area contributed by atoms with Gasteiger partial charge in [0.15, 0.2) is 5.16 Å². The minimum atomic E-state index is -0.373. The lowest BCUT2D eigenvalue weighted by Gasteiger charge is -2.12. The summed E-state index contributed by atoms with van der Waals surface area (Å²) in [6.45, 7) is 5.96. The topological polar surface area (TPSA) is 133 Å². The molecule has 8 nitrogen and oxygen atoms in total. The molecule has 2 aromatic rings. The quantitative estimate of drug-likeness (QED) is 0.531. The van der Waals surface area contributed by atoms with Crippen molar-refractivity contribution < 1.29 is 4.79 Å². The Balaban J connectivity index is 2.05. The minimum Gasteiger partial charge on any atom is -0.383 e. The predicted octanol–water partition coefficient (Wildman–Crippen LogP) is 2.13. The summed E-state index contributed by atoms with van der Waals surface area (Å²) in [6.07, 6.45) is 0.602. The van der Waals surface area contributed by atoms with Crippen LogP contribution >= 0.6 is 23.1 Å². The number of aromatic nitrogens is 4. The molecule has 0 fully saturated rings. The van der Waals surface area contributed by atoms with Gasteiger partial charge >= 0.3 is 0 Å². The highest BCUT2D eigenvalue weighted by atomic mass is 32.2. The number of nitrogen functional groups attached to an aromatic ring is 2. The van der Waals surface area contributed by atoms with Crippen LogP contribution in [0.3, 0.4) is 0 Å². The van der Waals surface area contributed by atoms with Crippen molar-refractivity contribution in [2.75, 3.05) is 16.8 Å². The molecule has 1 unspecified atom stereocenters. The van der Waals surface area contributed by atoms with Crippen molar-refractivity contribution in [2.45, 2.75) is 43.5 Å². The summed E-state index contributed by atoms with van der Waals surface area (Å²) < 4.78 is 0. The standard InChI is InChI=1S/C13H19N7OS2/c1-4-7(22-12-16-8(14)5-9(15)17-12)10(21)18-13-20-19-11(23-13)6(2)3/h5-7H,4H2,1-3H3,(H,18,20,21)(H4,14,15,16,17). The average Bonchev–Trinajstić information content (AvgIpc) is 2.92. The number of carbonyl (C=O) groups is 1. The lowest BCUT2D eigenvalue weighted by atomic mass is 10.2. The molecule has 2 rings (SSSR count). The smallest absolute Gasteiger partial charge is 0.239 e. The number of carbonyl (C=O) groups excluding carboxylic acids is 1. The third-order valence-electron chi connectivity index (χ3n) is 2.82. The average molecular weight is 353 g/mol. The SMILES string of the molecule is CCC(Sc1nc(N)cc(N)n1)C(=O)Nc1nnc(C(C)C)s1. The van der Waals surface area contributed by atoms with Gasteiger partial charge < -0.3 is 11.5 Å². The zero-order valence-corrected chi connectivity index (χ0v) is 14.7. The second-order valence-electron chi connectivity index (χ2n) is 5.10. The zero-order chi connectivity index (χ0) is 17.0. The Kier molecular flexibility index (Phi) is 5.72. The van der Waals surface area contributed by atoms with Gasteiger partial charge in [-0.05, 0) is 6.42 Å². The molecule has 0 aromatic carbocycles. The molecular weight excluding hydrogens is 334 g/mol. The van der Waals surface area contributed by atoms with E-state index in [1.54, 1.807) is 0 Å². The monoisotopic (exact) mass is 353 g/mol. The van der Waals surface area contributed by atoms with E-state index in [1.165, 1.54) is 29.2 Å². The Morgan fingerprint density at radius 2 is 1.96 bits per heavy atom.